The van der Waals surface area contributed by atoms with Gasteiger partial charge in [-0.3, -0.25) is 0 Å². The molecule has 0 radical (unpaired) electrons. The van der Waals surface area contributed by atoms with Crippen molar-refractivity contribution in [2.45, 2.75) is 51.2 Å². The van der Waals surface area contributed by atoms with Gasteiger partial charge in [0.05, 0.1) is 11.2 Å². The van der Waals surface area contributed by atoms with Crippen LogP contribution in [-0.2, 0) is 15.2 Å². The second-order valence-corrected chi connectivity index (χ2v) is 5.97. The van der Waals surface area contributed by atoms with Crippen LogP contribution in [0.4, 0.5) is 8.78 Å². The van der Waals surface area contributed by atoms with Crippen molar-refractivity contribution < 1.29 is 27.6 Å². The first-order valence-electron chi connectivity index (χ1n) is 6.54. The van der Waals surface area contributed by atoms with Crippen LogP contribution in [0.2, 0.25) is 0 Å². The summed E-state index contributed by atoms with van der Waals surface area (Å²) in [5.41, 5.74) is -0.910. The van der Waals surface area contributed by atoms with E-state index in [-0.39, 0.29) is 5.66 Å². The predicted octanol–water partition coefficient (Wildman–Crippen LogP) is 2.05. The third-order valence-corrected chi connectivity index (χ3v) is 3.90. The lowest BCUT2D eigenvalue weighted by Gasteiger charge is -2.32. The number of halogens is 2. The first kappa shape index (κ1) is 15.5. The molecule has 0 amide bonds. The van der Waals surface area contributed by atoms with Crippen LogP contribution in [0.15, 0.2) is 16.5 Å². The minimum Gasteiger partial charge on any atom is -0.463 e. The molecule has 112 valence electrons. The predicted molar refractivity (Wildman–Crippen MR) is 70.0 cm³/mol. The van der Waals surface area contributed by atoms with Crippen molar-refractivity contribution >= 4 is 12.8 Å². The molecule has 1 fully saturated rings. The summed E-state index contributed by atoms with van der Waals surface area (Å²) in [4.78, 5) is 0. The van der Waals surface area contributed by atoms with Gasteiger partial charge in [-0.05, 0) is 39.8 Å². The summed E-state index contributed by atoms with van der Waals surface area (Å²) in [7, 11) is -0.807. The maximum absolute atomic E-state index is 13.6. The molecule has 0 saturated carbocycles. The van der Waals surface area contributed by atoms with E-state index in [1.54, 1.807) is 0 Å². The second-order valence-electron chi connectivity index (χ2n) is 5.97. The van der Waals surface area contributed by atoms with Gasteiger partial charge in [0.1, 0.15) is 5.66 Å². The van der Waals surface area contributed by atoms with Crippen LogP contribution in [0.25, 0.3) is 0 Å². The highest BCUT2D eigenvalue weighted by Gasteiger charge is 2.53. The van der Waals surface area contributed by atoms with Gasteiger partial charge in [-0.15, -0.1) is 0 Å². The Morgan fingerprint density at radius 2 is 1.70 bits per heavy atom. The van der Waals surface area contributed by atoms with Crippen molar-refractivity contribution in [3.05, 3.63) is 17.9 Å². The molecular weight excluding hydrogens is 269 g/mol. The summed E-state index contributed by atoms with van der Waals surface area (Å²) in [6.45, 7) is 6.88. The Morgan fingerprint density at radius 1 is 1.15 bits per heavy atom. The zero-order valence-corrected chi connectivity index (χ0v) is 12.1. The molecule has 2 heterocycles. The highest BCUT2D eigenvalue weighted by atomic mass is 19.3. The third-order valence-electron chi connectivity index (χ3n) is 3.90. The van der Waals surface area contributed by atoms with E-state index in [2.05, 4.69) is 0 Å². The first-order chi connectivity index (χ1) is 9.09. The lowest BCUT2D eigenvalue weighted by Crippen LogP contribution is -2.41. The van der Waals surface area contributed by atoms with Gasteiger partial charge >= 0.3 is 13.0 Å². The van der Waals surface area contributed by atoms with Gasteiger partial charge < -0.3 is 18.8 Å². The Bertz CT molecular complexity index is 468. The number of hydrogen-bond donors (Lipinski definition) is 1. The van der Waals surface area contributed by atoms with Gasteiger partial charge in [0.15, 0.2) is 5.76 Å². The Kier molecular flexibility index (Phi) is 3.73. The molecule has 20 heavy (non-hydrogen) atoms. The second kappa shape index (κ2) is 4.82. The summed E-state index contributed by atoms with van der Waals surface area (Å²) in [5, 5.41) is 8.65. The zero-order chi connectivity index (χ0) is 15.2. The van der Waals surface area contributed by atoms with Crippen LogP contribution in [0.5, 0.6) is 0 Å². The first-order valence-corrected chi connectivity index (χ1v) is 6.54. The number of furan rings is 1. The van der Waals surface area contributed by atoms with E-state index in [4.69, 9.17) is 18.8 Å². The van der Waals surface area contributed by atoms with Crippen molar-refractivity contribution in [2.24, 2.45) is 0 Å². The molecule has 0 unspecified atom stereocenters. The zero-order valence-electron chi connectivity index (χ0n) is 12.1. The highest BCUT2D eigenvalue weighted by Crippen LogP contribution is 2.37. The largest absolute Gasteiger partial charge is 0.532 e. The van der Waals surface area contributed by atoms with Crippen molar-refractivity contribution in [2.75, 3.05) is 6.61 Å². The summed E-state index contributed by atoms with van der Waals surface area (Å²) < 4.78 is 43.9. The van der Waals surface area contributed by atoms with Crippen LogP contribution >= 0.6 is 0 Å². The Balaban J connectivity index is 2.19. The molecule has 0 spiro atoms. The fourth-order valence-electron chi connectivity index (χ4n) is 1.90. The normalized spacial score (nSPS) is 21.4. The van der Waals surface area contributed by atoms with Crippen LogP contribution in [0.1, 0.15) is 39.9 Å². The molecule has 2 rings (SSSR count). The van der Waals surface area contributed by atoms with Crippen LogP contribution in [-0.4, -0.2) is 30.0 Å². The van der Waals surface area contributed by atoms with E-state index in [1.165, 1.54) is 12.1 Å². The lowest BCUT2D eigenvalue weighted by molar-refractivity contribution is -0.0453. The Morgan fingerprint density at radius 3 is 2.20 bits per heavy atom. The van der Waals surface area contributed by atoms with E-state index < -0.39 is 43.0 Å². The van der Waals surface area contributed by atoms with E-state index in [1.807, 2.05) is 27.7 Å². The number of hydrogen-bond acceptors (Lipinski definition) is 4. The number of aliphatic hydroxyl groups is 1. The molecule has 0 aromatic carbocycles. The maximum atomic E-state index is 13.6. The highest BCUT2D eigenvalue weighted by molar-refractivity contribution is 6.60. The average Bonchev–Trinajstić information content (AvgIpc) is 2.83. The molecule has 1 saturated heterocycles. The van der Waals surface area contributed by atoms with Crippen LogP contribution in [0.3, 0.4) is 0 Å². The van der Waals surface area contributed by atoms with Crippen molar-refractivity contribution in [1.82, 2.24) is 0 Å². The van der Waals surface area contributed by atoms with Gasteiger partial charge in [0.2, 0.25) is 0 Å². The molecule has 1 aromatic heterocycles. The maximum Gasteiger partial charge on any atom is 0.532 e. The van der Waals surface area contributed by atoms with E-state index >= 15 is 0 Å². The Hall–Kier alpha value is -0.915. The number of rotatable bonds is 4. The summed E-state index contributed by atoms with van der Waals surface area (Å²) in [6.07, 6.45) is -0.677. The fourth-order valence-corrected chi connectivity index (χ4v) is 1.90. The standard InChI is InChI=1S/C13H19BF2O4/c1-11(2)12(3,4)20-14(19-11)10-6-5-9(18-10)13(15,16)7-8-17/h5-6,17H,7-8H2,1-4H3. The topological polar surface area (TPSA) is 51.8 Å². The minimum atomic E-state index is -3.20. The molecular formula is C13H19BF2O4. The molecule has 7 heteroatoms. The SMILES string of the molecule is CC1(C)OB(c2ccc(C(F)(F)CCO)o2)OC1(C)C. The molecule has 1 aliphatic rings. The van der Waals surface area contributed by atoms with Gasteiger partial charge in [0, 0.05) is 13.0 Å². The summed E-state index contributed by atoms with van der Waals surface area (Å²) in [6, 6.07) is 2.61. The summed E-state index contributed by atoms with van der Waals surface area (Å²) >= 11 is 0. The summed E-state index contributed by atoms with van der Waals surface area (Å²) in [5.74, 6) is -3.69. The van der Waals surface area contributed by atoms with Crippen molar-refractivity contribution in [1.29, 1.82) is 0 Å². The molecule has 1 aromatic rings. The smallest absolute Gasteiger partial charge is 0.463 e. The molecule has 0 bridgehead atoms. The van der Waals surface area contributed by atoms with Crippen LogP contribution in [0, 0.1) is 0 Å². The average molecular weight is 288 g/mol. The third kappa shape index (κ3) is 2.62. The van der Waals surface area contributed by atoms with E-state index in [0.29, 0.717) is 0 Å². The minimum absolute atomic E-state index is 0.205. The lowest BCUT2D eigenvalue weighted by atomic mass is 9.86. The molecule has 0 atom stereocenters. The van der Waals surface area contributed by atoms with Gasteiger partial charge in [-0.25, -0.2) is 0 Å². The quantitative estimate of drug-likeness (QED) is 0.862. The number of aliphatic hydroxyl groups excluding tert-OH is 1. The van der Waals surface area contributed by atoms with Gasteiger partial charge in [-0.1, -0.05) is 0 Å². The Labute approximate surface area is 117 Å². The molecule has 0 aliphatic carbocycles. The molecule has 4 nitrogen and oxygen atoms in total. The van der Waals surface area contributed by atoms with Crippen molar-refractivity contribution in [3.63, 3.8) is 0 Å². The monoisotopic (exact) mass is 288 g/mol. The molecule has 1 aliphatic heterocycles. The van der Waals surface area contributed by atoms with Crippen LogP contribution < -0.4 is 5.66 Å². The van der Waals surface area contributed by atoms with E-state index in [0.717, 1.165) is 0 Å². The van der Waals surface area contributed by atoms with Gasteiger partial charge in [0.25, 0.3) is 0 Å². The van der Waals surface area contributed by atoms with Crippen molar-refractivity contribution in [3.8, 4) is 0 Å². The molecule has 1 N–H and O–H groups in total. The van der Waals surface area contributed by atoms with Gasteiger partial charge in [-0.2, -0.15) is 8.78 Å². The fraction of sp³-hybridized carbons (Fsp3) is 0.692. The number of alkyl halides is 2. The van der Waals surface area contributed by atoms with E-state index in [9.17, 15) is 8.78 Å².